The number of pyridine rings is 1. The highest BCUT2D eigenvalue weighted by Gasteiger charge is 2.26. The number of aromatic nitrogens is 3. The van der Waals surface area contributed by atoms with Crippen molar-refractivity contribution in [2.45, 2.75) is 37.5 Å². The van der Waals surface area contributed by atoms with Crippen LogP contribution in [0.4, 0.5) is 0 Å². The van der Waals surface area contributed by atoms with Crippen LogP contribution >= 0.6 is 0 Å². The van der Waals surface area contributed by atoms with Gasteiger partial charge in [0.1, 0.15) is 17.9 Å². The SMILES string of the molecule is COc1cc(C)c(S(=O)(=O)Cc2noc(CC(=O)N3CCN(Cc4ccc(OC)nc4)CC3)n2)c(C)c1. The number of hydrogen-bond donors (Lipinski definition) is 0. The number of methoxy groups -OCH3 is 2. The molecule has 3 heterocycles. The second-order valence-electron chi connectivity index (χ2n) is 9.00. The van der Waals surface area contributed by atoms with Gasteiger partial charge >= 0.3 is 0 Å². The number of carbonyl (C=O) groups excluding carboxylic acids is 1. The summed E-state index contributed by atoms with van der Waals surface area (Å²) >= 11 is 0. The molecule has 1 aliphatic rings. The number of carbonyl (C=O) groups is 1. The van der Waals surface area contributed by atoms with Crippen molar-refractivity contribution in [1.29, 1.82) is 0 Å². The first-order chi connectivity index (χ1) is 17.7. The summed E-state index contributed by atoms with van der Waals surface area (Å²) in [5.74, 6) is 0.739. The molecular formula is C25H31N5O6S. The van der Waals surface area contributed by atoms with Crippen molar-refractivity contribution in [3.63, 3.8) is 0 Å². The third kappa shape index (κ3) is 6.44. The Labute approximate surface area is 216 Å². The average Bonchev–Trinajstić information content (AvgIpc) is 3.29. The fraction of sp³-hybridized carbons (Fsp3) is 0.440. The molecule has 1 fully saturated rings. The van der Waals surface area contributed by atoms with E-state index in [1.54, 1.807) is 44.2 Å². The number of piperazine rings is 1. The lowest BCUT2D eigenvalue weighted by Crippen LogP contribution is -2.48. The number of ether oxygens (including phenoxy) is 2. The van der Waals surface area contributed by atoms with Crippen LogP contribution in [-0.4, -0.2) is 79.6 Å². The summed E-state index contributed by atoms with van der Waals surface area (Å²) in [6, 6.07) is 7.16. The maximum absolute atomic E-state index is 13.1. The summed E-state index contributed by atoms with van der Waals surface area (Å²) < 4.78 is 41.6. The highest BCUT2D eigenvalue weighted by atomic mass is 32.2. The van der Waals surface area contributed by atoms with Gasteiger partial charge in [-0.2, -0.15) is 4.98 Å². The number of hydrogen-bond acceptors (Lipinski definition) is 10. The highest BCUT2D eigenvalue weighted by Crippen LogP contribution is 2.28. The average molecular weight is 530 g/mol. The maximum Gasteiger partial charge on any atom is 0.236 e. The first-order valence-corrected chi connectivity index (χ1v) is 13.5. The molecule has 0 N–H and O–H groups in total. The van der Waals surface area contributed by atoms with Crippen LogP contribution in [0.2, 0.25) is 0 Å². The van der Waals surface area contributed by atoms with Crippen LogP contribution in [0.1, 0.15) is 28.4 Å². The Bertz CT molecular complexity index is 1330. The van der Waals surface area contributed by atoms with Gasteiger partial charge < -0.3 is 18.9 Å². The van der Waals surface area contributed by atoms with Gasteiger partial charge in [-0.1, -0.05) is 11.2 Å². The quantitative estimate of drug-likeness (QED) is 0.406. The van der Waals surface area contributed by atoms with E-state index >= 15 is 0 Å². The molecule has 0 unspecified atom stereocenters. The molecule has 37 heavy (non-hydrogen) atoms. The third-order valence-corrected chi connectivity index (χ3v) is 8.15. The van der Waals surface area contributed by atoms with Crippen molar-refractivity contribution < 1.29 is 27.2 Å². The standard InChI is InChI=1S/C25H31N5O6S/c1-17-11-20(34-3)12-18(2)25(17)37(32,33)16-21-27-23(36-28-21)13-24(31)30-9-7-29(8-10-30)15-19-5-6-22(35-4)26-14-19/h5-6,11-12,14H,7-10,13,15-16H2,1-4H3. The molecule has 0 atom stereocenters. The van der Waals surface area contributed by atoms with Crippen LogP contribution in [0.5, 0.6) is 11.6 Å². The topological polar surface area (TPSA) is 128 Å². The van der Waals surface area contributed by atoms with Gasteiger partial charge in [-0.15, -0.1) is 0 Å². The molecule has 0 radical (unpaired) electrons. The highest BCUT2D eigenvalue weighted by molar-refractivity contribution is 7.90. The van der Waals surface area contributed by atoms with Gasteiger partial charge in [0, 0.05) is 45.0 Å². The van der Waals surface area contributed by atoms with Crippen molar-refractivity contribution in [2.75, 3.05) is 40.4 Å². The first-order valence-electron chi connectivity index (χ1n) is 11.9. The molecule has 1 aliphatic heterocycles. The lowest BCUT2D eigenvalue weighted by atomic mass is 10.1. The zero-order valence-electron chi connectivity index (χ0n) is 21.4. The summed E-state index contributed by atoms with van der Waals surface area (Å²) in [5.41, 5.74) is 2.24. The molecule has 3 aromatic rings. The summed E-state index contributed by atoms with van der Waals surface area (Å²) in [5, 5.41) is 3.81. The number of nitrogens with zero attached hydrogens (tertiary/aromatic N) is 5. The van der Waals surface area contributed by atoms with Crippen LogP contribution in [0, 0.1) is 13.8 Å². The second-order valence-corrected chi connectivity index (χ2v) is 10.9. The van der Waals surface area contributed by atoms with Crippen molar-refractivity contribution in [2.24, 2.45) is 0 Å². The van der Waals surface area contributed by atoms with E-state index in [0.29, 0.717) is 35.8 Å². The summed E-state index contributed by atoms with van der Waals surface area (Å²) in [6.45, 7) is 6.79. The molecule has 12 heteroatoms. The Hall–Kier alpha value is -3.51. The second kappa shape index (κ2) is 11.3. The van der Waals surface area contributed by atoms with Crippen LogP contribution in [-0.2, 0) is 33.4 Å². The van der Waals surface area contributed by atoms with Gasteiger partial charge in [-0.25, -0.2) is 13.4 Å². The molecule has 1 aromatic carbocycles. The van der Waals surface area contributed by atoms with Gasteiger partial charge in [0.05, 0.1) is 19.1 Å². The van der Waals surface area contributed by atoms with Gasteiger partial charge in [0.2, 0.25) is 17.7 Å². The van der Waals surface area contributed by atoms with E-state index < -0.39 is 15.6 Å². The number of benzene rings is 1. The molecule has 198 valence electrons. The monoisotopic (exact) mass is 529 g/mol. The van der Waals surface area contributed by atoms with Crippen molar-refractivity contribution in [3.8, 4) is 11.6 Å². The molecule has 1 saturated heterocycles. The minimum atomic E-state index is -3.72. The van der Waals surface area contributed by atoms with E-state index in [0.717, 1.165) is 25.2 Å². The molecule has 11 nitrogen and oxygen atoms in total. The normalized spacial score (nSPS) is 14.5. The van der Waals surface area contributed by atoms with E-state index in [-0.39, 0.29) is 28.9 Å². The summed E-state index contributed by atoms with van der Waals surface area (Å²) in [7, 11) is -0.609. The lowest BCUT2D eigenvalue weighted by Gasteiger charge is -2.34. The van der Waals surface area contributed by atoms with E-state index in [1.165, 1.54) is 7.11 Å². The number of amides is 1. The molecule has 2 aromatic heterocycles. The summed E-state index contributed by atoms with van der Waals surface area (Å²) in [4.78, 5) is 25.4. The van der Waals surface area contributed by atoms with Crippen LogP contribution in [0.15, 0.2) is 39.9 Å². The Morgan fingerprint density at radius 1 is 1.05 bits per heavy atom. The molecule has 4 rings (SSSR count). The van der Waals surface area contributed by atoms with E-state index in [4.69, 9.17) is 14.0 Å². The number of aryl methyl sites for hydroxylation is 2. The van der Waals surface area contributed by atoms with Crippen LogP contribution < -0.4 is 9.47 Å². The van der Waals surface area contributed by atoms with E-state index in [1.807, 2.05) is 12.1 Å². The number of rotatable bonds is 9. The lowest BCUT2D eigenvalue weighted by molar-refractivity contribution is -0.132. The van der Waals surface area contributed by atoms with Gasteiger partial charge in [-0.3, -0.25) is 9.69 Å². The molecule has 0 saturated carbocycles. The van der Waals surface area contributed by atoms with Crippen molar-refractivity contribution in [3.05, 3.63) is 58.9 Å². The molecular weight excluding hydrogens is 498 g/mol. The van der Waals surface area contributed by atoms with Crippen LogP contribution in [0.3, 0.4) is 0 Å². The van der Waals surface area contributed by atoms with Gasteiger partial charge in [0.15, 0.2) is 15.7 Å². The largest absolute Gasteiger partial charge is 0.497 e. The van der Waals surface area contributed by atoms with Gasteiger partial charge in [0.25, 0.3) is 0 Å². The Morgan fingerprint density at radius 2 is 1.76 bits per heavy atom. The van der Waals surface area contributed by atoms with Crippen molar-refractivity contribution in [1.82, 2.24) is 24.9 Å². The smallest absolute Gasteiger partial charge is 0.236 e. The Balaban J connectivity index is 1.31. The van der Waals surface area contributed by atoms with E-state index in [9.17, 15) is 13.2 Å². The molecule has 1 amide bonds. The van der Waals surface area contributed by atoms with E-state index in [2.05, 4.69) is 20.0 Å². The fourth-order valence-corrected chi connectivity index (χ4v) is 6.16. The predicted octanol–water partition coefficient (Wildman–Crippen LogP) is 1.96. The first kappa shape index (κ1) is 26.6. The van der Waals surface area contributed by atoms with Crippen LogP contribution in [0.25, 0.3) is 0 Å². The fourth-order valence-electron chi connectivity index (χ4n) is 4.46. The predicted molar refractivity (Wildman–Crippen MR) is 134 cm³/mol. The third-order valence-electron chi connectivity index (χ3n) is 6.25. The molecule has 0 aliphatic carbocycles. The zero-order valence-corrected chi connectivity index (χ0v) is 22.2. The summed E-state index contributed by atoms with van der Waals surface area (Å²) in [6.07, 6.45) is 1.72. The maximum atomic E-state index is 13.1. The zero-order chi connectivity index (χ0) is 26.6. The minimum Gasteiger partial charge on any atom is -0.497 e. The van der Waals surface area contributed by atoms with Crippen molar-refractivity contribution >= 4 is 15.7 Å². The number of sulfone groups is 1. The molecule has 0 spiro atoms. The van der Waals surface area contributed by atoms with Gasteiger partial charge in [-0.05, 0) is 42.7 Å². The Kier molecular flexibility index (Phi) is 8.08. The minimum absolute atomic E-state index is 0.0235. The molecule has 0 bridgehead atoms. The Morgan fingerprint density at radius 3 is 2.35 bits per heavy atom.